The minimum atomic E-state index is -1.86. The van der Waals surface area contributed by atoms with Crippen LogP contribution in [0, 0.1) is 0 Å². The lowest BCUT2D eigenvalue weighted by Crippen LogP contribution is -2.60. The summed E-state index contributed by atoms with van der Waals surface area (Å²) >= 11 is 4.14. The van der Waals surface area contributed by atoms with Gasteiger partial charge in [-0.2, -0.15) is 22.9 Å². The minimum absolute atomic E-state index is 0.0863. The number of rotatable bonds is 32. The molecule has 406 valence electrons. The Morgan fingerprint density at radius 3 is 1.60 bits per heavy atom. The standard InChI is InChI=1S/C48H64N12O14S/c1-60(2)31-14-12-30(13-15-31)59-58-29-10-8-28(9-11-29)43(69)57-38(26-75)44(70)51-24-39(63)52-34(18-20-40(64)65)45(71)56-37(25-61)48(74)55-36(23-27-6-16-32(62)17-7-27)47(73)54-35(19-21-41(66)67)46(72)53-33(42(50)68)5-3-4-22-49/h6-17,33-38,61-62,75H,3-5,18-26,49H2,1-2H3,(H2,50,68)(H,51,70)(H,52,63)(H,53,72)(H,54,73)(H,55,74)(H,56,71)(H,57,69)(H,64,65)(H,66,67)/t33-,34-,35-,36-,37-,38-/m0/s1. The van der Waals surface area contributed by atoms with Gasteiger partial charge in [0.15, 0.2) is 0 Å². The highest BCUT2D eigenvalue weighted by Crippen LogP contribution is 2.22. The first-order valence-electron chi connectivity index (χ1n) is 23.5. The number of aliphatic hydroxyl groups is 1. The molecule has 8 amide bonds. The van der Waals surface area contributed by atoms with Gasteiger partial charge in [-0.1, -0.05) is 12.1 Å². The quantitative estimate of drug-likeness (QED) is 0.0203. The Hall–Kier alpha value is -8.17. The number of carbonyl (C=O) groups excluding carboxylic acids is 8. The van der Waals surface area contributed by atoms with Crippen molar-refractivity contribution in [2.75, 3.05) is 44.4 Å². The van der Waals surface area contributed by atoms with Crippen LogP contribution in [0.2, 0.25) is 0 Å². The number of unbranched alkanes of at least 4 members (excludes halogenated alkanes) is 1. The molecule has 0 spiro atoms. The summed E-state index contributed by atoms with van der Waals surface area (Å²) in [5.74, 6) is -10.9. The molecular weight excluding hydrogens is 1000 g/mol. The van der Waals surface area contributed by atoms with E-state index in [1.807, 2.05) is 31.1 Å². The Kier molecular flexibility index (Phi) is 25.6. The molecule has 0 bridgehead atoms. The summed E-state index contributed by atoms with van der Waals surface area (Å²) in [6, 6.07) is 9.49. The predicted octanol–water partition coefficient (Wildman–Crippen LogP) is -0.979. The molecule has 15 N–H and O–H groups in total. The molecule has 0 aliphatic rings. The highest BCUT2D eigenvalue weighted by Gasteiger charge is 2.33. The number of aromatic hydroxyl groups is 1. The highest BCUT2D eigenvalue weighted by atomic mass is 32.1. The van der Waals surface area contributed by atoms with Crippen LogP contribution in [0.15, 0.2) is 83.0 Å². The zero-order chi connectivity index (χ0) is 55.6. The number of primary amides is 1. The number of aliphatic carboxylic acids is 2. The molecule has 0 heterocycles. The Morgan fingerprint density at radius 1 is 0.600 bits per heavy atom. The summed E-state index contributed by atoms with van der Waals surface area (Å²) in [6.07, 6.45) is -1.69. The Morgan fingerprint density at radius 2 is 1.09 bits per heavy atom. The van der Waals surface area contributed by atoms with Crippen molar-refractivity contribution in [3.63, 3.8) is 0 Å². The average Bonchev–Trinajstić information content (AvgIpc) is 3.38. The van der Waals surface area contributed by atoms with Crippen molar-refractivity contribution in [2.24, 2.45) is 21.7 Å². The average molecular weight is 1070 g/mol. The number of nitrogens with two attached hydrogens (primary N) is 2. The van der Waals surface area contributed by atoms with Crippen molar-refractivity contribution >= 4 is 88.9 Å². The Labute approximate surface area is 436 Å². The smallest absolute Gasteiger partial charge is 0.303 e. The highest BCUT2D eigenvalue weighted by molar-refractivity contribution is 7.80. The number of carbonyl (C=O) groups is 10. The van der Waals surface area contributed by atoms with E-state index in [9.17, 15) is 68.4 Å². The van der Waals surface area contributed by atoms with Gasteiger partial charge in [-0.15, -0.1) is 0 Å². The van der Waals surface area contributed by atoms with Crippen molar-refractivity contribution in [2.45, 2.75) is 87.6 Å². The largest absolute Gasteiger partial charge is 0.508 e. The molecule has 0 fully saturated rings. The molecule has 3 aromatic carbocycles. The fourth-order valence-electron chi connectivity index (χ4n) is 6.80. The van der Waals surface area contributed by atoms with Gasteiger partial charge < -0.3 is 74.0 Å². The first kappa shape index (κ1) is 61.1. The van der Waals surface area contributed by atoms with Crippen LogP contribution in [0.25, 0.3) is 0 Å². The molecule has 0 saturated heterocycles. The van der Waals surface area contributed by atoms with Gasteiger partial charge >= 0.3 is 11.9 Å². The van der Waals surface area contributed by atoms with Crippen molar-refractivity contribution in [1.82, 2.24) is 37.2 Å². The van der Waals surface area contributed by atoms with Crippen molar-refractivity contribution in [3.8, 4) is 5.75 Å². The van der Waals surface area contributed by atoms with Crippen LogP contribution < -0.4 is 53.6 Å². The predicted molar refractivity (Wildman–Crippen MR) is 274 cm³/mol. The van der Waals surface area contributed by atoms with E-state index in [1.54, 1.807) is 24.3 Å². The molecule has 27 heteroatoms. The second-order valence-electron chi connectivity index (χ2n) is 17.1. The van der Waals surface area contributed by atoms with Crippen molar-refractivity contribution in [3.05, 3.63) is 83.9 Å². The van der Waals surface area contributed by atoms with Gasteiger partial charge in [-0.25, -0.2) is 0 Å². The number of aliphatic hydroxyl groups excluding tert-OH is 1. The molecule has 0 aliphatic carbocycles. The number of benzene rings is 3. The minimum Gasteiger partial charge on any atom is -0.508 e. The van der Waals surface area contributed by atoms with Crippen molar-refractivity contribution in [1.29, 1.82) is 0 Å². The summed E-state index contributed by atoms with van der Waals surface area (Å²) in [5, 5.41) is 63.6. The third kappa shape index (κ3) is 21.8. The lowest BCUT2D eigenvalue weighted by Gasteiger charge is -2.26. The maximum absolute atomic E-state index is 13.9. The van der Waals surface area contributed by atoms with E-state index >= 15 is 0 Å². The van der Waals surface area contributed by atoms with Gasteiger partial charge in [0.1, 0.15) is 42.0 Å². The molecule has 0 aromatic heterocycles. The molecule has 6 atom stereocenters. The van der Waals surface area contributed by atoms with Gasteiger partial charge in [0, 0.05) is 50.4 Å². The molecule has 3 aromatic rings. The zero-order valence-electron chi connectivity index (χ0n) is 41.2. The Bertz CT molecular complexity index is 2480. The first-order valence-corrected chi connectivity index (χ1v) is 24.1. The van der Waals surface area contributed by atoms with Crippen molar-refractivity contribution < 1.29 is 68.4 Å². The van der Waals surface area contributed by atoms with E-state index in [2.05, 4.69) is 60.1 Å². The number of amides is 8. The van der Waals surface area contributed by atoms with Gasteiger partial charge in [0.2, 0.25) is 41.4 Å². The number of thiol groups is 1. The van der Waals surface area contributed by atoms with Crippen LogP contribution in [0.5, 0.6) is 5.75 Å². The number of nitrogens with one attached hydrogen (secondary N) is 7. The SMILES string of the molecule is CN(C)c1ccc(N=Nc2ccc(C(=O)N[C@@H](CS)C(=O)NCC(=O)N[C@@H](CCC(=O)O)C(=O)N[C@@H](CO)C(=O)N[C@@H](Cc3ccc(O)cc3)C(=O)N[C@@H](CCC(=O)O)C(=O)N[C@@H](CCCCN)C(N)=O)cc2)cc1. The number of anilines is 1. The van der Waals surface area contributed by atoms with Gasteiger partial charge in [0.25, 0.3) is 5.91 Å². The number of phenols is 1. The van der Waals surface area contributed by atoms with E-state index in [-0.39, 0.29) is 29.9 Å². The summed E-state index contributed by atoms with van der Waals surface area (Å²) in [6.45, 7) is -1.60. The zero-order valence-corrected chi connectivity index (χ0v) is 42.1. The lowest BCUT2D eigenvalue weighted by molar-refractivity contribution is -0.139. The number of hydrogen-bond acceptors (Lipinski definition) is 17. The fourth-order valence-corrected chi connectivity index (χ4v) is 7.05. The van der Waals surface area contributed by atoms with Crippen LogP contribution in [0.4, 0.5) is 17.1 Å². The van der Waals surface area contributed by atoms with Crippen LogP contribution >= 0.6 is 12.6 Å². The maximum atomic E-state index is 13.9. The number of phenolic OH excluding ortho intramolecular Hbond substituents is 1. The lowest BCUT2D eigenvalue weighted by atomic mass is 10.0. The van der Waals surface area contributed by atoms with Crippen LogP contribution in [-0.2, 0) is 49.6 Å². The van der Waals surface area contributed by atoms with E-state index in [1.165, 1.54) is 36.4 Å². The summed E-state index contributed by atoms with van der Waals surface area (Å²) in [4.78, 5) is 131. The van der Waals surface area contributed by atoms with E-state index in [4.69, 9.17) is 11.5 Å². The number of nitrogens with zero attached hydrogens (tertiary/aromatic N) is 3. The Balaban J connectivity index is 1.70. The van der Waals surface area contributed by atoms with E-state index in [0.717, 1.165) is 5.69 Å². The van der Waals surface area contributed by atoms with Crippen LogP contribution in [0.3, 0.4) is 0 Å². The third-order valence-corrected chi connectivity index (χ3v) is 11.4. The second-order valence-corrected chi connectivity index (χ2v) is 17.4. The van der Waals surface area contributed by atoms with Crippen LogP contribution in [0.1, 0.15) is 60.9 Å². The van der Waals surface area contributed by atoms with Crippen LogP contribution in [-0.4, -0.2) is 155 Å². The fraction of sp³-hybridized carbons (Fsp3) is 0.417. The molecule has 0 radical (unpaired) electrons. The molecule has 26 nitrogen and oxygen atoms in total. The van der Waals surface area contributed by atoms with Gasteiger partial charge in [-0.3, -0.25) is 47.9 Å². The molecular formula is C48H64N12O14S. The monoisotopic (exact) mass is 1060 g/mol. The van der Waals surface area contributed by atoms with E-state index < -0.39 is 134 Å². The number of carboxylic acids is 2. The molecule has 0 saturated carbocycles. The number of carboxylic acid groups (broad SMARTS) is 2. The maximum Gasteiger partial charge on any atom is 0.303 e. The molecule has 3 rings (SSSR count). The van der Waals surface area contributed by atoms with E-state index in [0.29, 0.717) is 36.3 Å². The summed E-state index contributed by atoms with van der Waals surface area (Å²) < 4.78 is 0. The first-order chi connectivity index (χ1) is 35.6. The number of hydrogen-bond donors (Lipinski definition) is 14. The third-order valence-electron chi connectivity index (χ3n) is 11.0. The second kappa shape index (κ2) is 31.4. The molecule has 75 heavy (non-hydrogen) atoms. The van der Waals surface area contributed by atoms with Gasteiger partial charge in [-0.05, 0) is 105 Å². The summed E-state index contributed by atoms with van der Waals surface area (Å²) in [5.41, 5.74) is 13.5. The summed E-state index contributed by atoms with van der Waals surface area (Å²) in [7, 11) is 3.82. The van der Waals surface area contributed by atoms with Gasteiger partial charge in [0.05, 0.1) is 24.5 Å². The normalized spacial score (nSPS) is 13.3. The topological polar surface area (TPSA) is 416 Å². The molecule has 0 unspecified atom stereocenters. The number of azo groups is 1. The molecule has 0 aliphatic heterocycles.